The number of halogens is 1. The van der Waals surface area contributed by atoms with E-state index in [2.05, 4.69) is 27.7 Å². The zero-order valence-electron chi connectivity index (χ0n) is 18.2. The van der Waals surface area contributed by atoms with Gasteiger partial charge in [0.05, 0.1) is 9.21 Å². The third-order valence-electron chi connectivity index (χ3n) is 7.28. The molecule has 3 aliphatic rings. The first-order valence-electron chi connectivity index (χ1n) is 11.7. The van der Waals surface area contributed by atoms with E-state index < -0.39 is 0 Å². The minimum Gasteiger partial charge on any atom is -0.347 e. The van der Waals surface area contributed by atoms with Crippen molar-refractivity contribution in [2.75, 3.05) is 19.6 Å². The van der Waals surface area contributed by atoms with Gasteiger partial charge in [0, 0.05) is 29.6 Å². The Balaban J connectivity index is 1.18. The Hall–Kier alpha value is -1.89. The van der Waals surface area contributed by atoms with Crippen LogP contribution in [-0.4, -0.2) is 48.4 Å². The molecule has 5 rings (SSSR count). The van der Waals surface area contributed by atoms with Crippen LogP contribution in [0, 0.1) is 0 Å². The van der Waals surface area contributed by atoms with E-state index in [1.807, 2.05) is 12.1 Å². The summed E-state index contributed by atoms with van der Waals surface area (Å²) in [6.45, 7) is 3.60. The highest BCUT2D eigenvalue weighted by Gasteiger charge is 2.45. The smallest absolute Gasteiger partial charge is 0.261 e. The van der Waals surface area contributed by atoms with Crippen LogP contribution >= 0.6 is 22.9 Å². The van der Waals surface area contributed by atoms with Crippen molar-refractivity contribution in [1.82, 2.24) is 15.5 Å². The molecule has 2 N–H and O–H groups in total. The summed E-state index contributed by atoms with van der Waals surface area (Å²) in [6.07, 6.45) is 7.85. The number of thiophene rings is 1. The van der Waals surface area contributed by atoms with Crippen molar-refractivity contribution in [2.45, 2.75) is 62.4 Å². The third-order valence-corrected chi connectivity index (χ3v) is 8.51. The molecule has 0 radical (unpaired) electrons. The summed E-state index contributed by atoms with van der Waals surface area (Å²) in [6, 6.07) is 11.6. The van der Waals surface area contributed by atoms with E-state index in [0.717, 1.165) is 25.8 Å². The van der Waals surface area contributed by atoms with Crippen LogP contribution in [0.1, 0.15) is 70.5 Å². The number of carbonyl (C=O) groups excluding carboxylic acids is 2. The van der Waals surface area contributed by atoms with E-state index in [1.165, 1.54) is 55.7 Å². The van der Waals surface area contributed by atoms with Crippen LogP contribution in [-0.2, 0) is 5.41 Å². The fourth-order valence-corrected chi connectivity index (χ4v) is 6.21. The van der Waals surface area contributed by atoms with E-state index in [4.69, 9.17) is 11.6 Å². The van der Waals surface area contributed by atoms with Crippen molar-refractivity contribution in [1.29, 1.82) is 0 Å². The molecule has 2 amide bonds. The number of nitrogens with one attached hydrogen (secondary N) is 2. The average Bonchev–Trinajstić information content (AvgIpc) is 3.15. The zero-order valence-corrected chi connectivity index (χ0v) is 19.8. The van der Waals surface area contributed by atoms with E-state index in [1.54, 1.807) is 12.1 Å². The second-order valence-corrected chi connectivity index (χ2v) is 11.3. The van der Waals surface area contributed by atoms with Gasteiger partial charge in [-0.05, 0) is 87.9 Å². The van der Waals surface area contributed by atoms with Crippen molar-refractivity contribution >= 4 is 34.8 Å². The lowest BCUT2D eigenvalue weighted by Crippen LogP contribution is -2.48. The molecule has 2 atom stereocenters. The maximum absolute atomic E-state index is 12.9. The summed E-state index contributed by atoms with van der Waals surface area (Å²) in [7, 11) is 0. The second kappa shape index (κ2) is 9.16. The molecule has 0 bridgehead atoms. The van der Waals surface area contributed by atoms with E-state index in [9.17, 15) is 9.59 Å². The quantitative estimate of drug-likeness (QED) is 0.619. The molecule has 1 aliphatic heterocycles. The summed E-state index contributed by atoms with van der Waals surface area (Å²) in [5.74, 6) is -0.184. The summed E-state index contributed by atoms with van der Waals surface area (Å²) in [4.78, 5) is 28.6. The summed E-state index contributed by atoms with van der Waals surface area (Å²) >= 11 is 7.22. The maximum Gasteiger partial charge on any atom is 0.261 e. The van der Waals surface area contributed by atoms with E-state index >= 15 is 0 Å². The van der Waals surface area contributed by atoms with Crippen LogP contribution in [0.3, 0.4) is 0 Å². The highest BCUT2D eigenvalue weighted by Crippen LogP contribution is 2.49. The standard InChI is InChI=1S/C25H30ClN3O2S/c26-22-11-10-21(32-22)24(31)28-20-5-3-4-19(20)27-23(30)17-6-8-18(9-7-17)25(12-13-25)16-29-14-1-2-15-29/h6-11,19-20H,1-5,12-16H2,(H,27,30)(H,28,31). The largest absolute Gasteiger partial charge is 0.347 e. The molecule has 7 heteroatoms. The second-order valence-electron chi connectivity index (χ2n) is 9.54. The number of hydrogen-bond acceptors (Lipinski definition) is 4. The lowest BCUT2D eigenvalue weighted by atomic mass is 9.94. The van der Waals surface area contributed by atoms with Crippen molar-refractivity contribution in [3.63, 3.8) is 0 Å². The number of likely N-dealkylation sites (tertiary alicyclic amines) is 1. The molecule has 2 aromatic rings. The molecule has 2 unspecified atom stereocenters. The molecule has 1 aromatic carbocycles. The lowest BCUT2D eigenvalue weighted by Gasteiger charge is -2.24. The van der Waals surface area contributed by atoms with Crippen LogP contribution < -0.4 is 10.6 Å². The first kappa shape index (κ1) is 21.9. The molecule has 1 saturated heterocycles. The monoisotopic (exact) mass is 471 g/mol. The number of carbonyl (C=O) groups is 2. The average molecular weight is 472 g/mol. The van der Waals surface area contributed by atoms with Crippen molar-refractivity contribution in [3.8, 4) is 0 Å². The molecule has 2 aliphatic carbocycles. The Morgan fingerprint density at radius 3 is 2.19 bits per heavy atom. The predicted octanol–water partition coefficient (Wildman–Crippen LogP) is 4.61. The molecule has 1 aromatic heterocycles. The number of hydrogen-bond donors (Lipinski definition) is 2. The molecule has 3 fully saturated rings. The van der Waals surface area contributed by atoms with Gasteiger partial charge in [0.1, 0.15) is 0 Å². The lowest BCUT2D eigenvalue weighted by molar-refractivity contribution is 0.0894. The molecule has 2 heterocycles. The molecular formula is C25H30ClN3O2S. The van der Waals surface area contributed by atoms with Gasteiger partial charge in [0.15, 0.2) is 0 Å². The van der Waals surface area contributed by atoms with Crippen LogP contribution in [0.25, 0.3) is 0 Å². The minimum absolute atomic E-state index is 0.0495. The van der Waals surface area contributed by atoms with Crippen molar-refractivity contribution in [2.24, 2.45) is 0 Å². The Bertz CT molecular complexity index is 979. The van der Waals surface area contributed by atoms with Gasteiger partial charge in [-0.15, -0.1) is 11.3 Å². The normalized spacial score (nSPS) is 24.4. The number of benzene rings is 1. The highest BCUT2D eigenvalue weighted by atomic mass is 35.5. The van der Waals surface area contributed by atoms with Crippen molar-refractivity contribution in [3.05, 3.63) is 56.7 Å². The molecule has 32 heavy (non-hydrogen) atoms. The zero-order chi connectivity index (χ0) is 22.1. The van der Waals surface area contributed by atoms with Gasteiger partial charge >= 0.3 is 0 Å². The van der Waals surface area contributed by atoms with Gasteiger partial charge in [-0.25, -0.2) is 0 Å². The Kier molecular flexibility index (Phi) is 6.28. The van der Waals surface area contributed by atoms with Gasteiger partial charge < -0.3 is 15.5 Å². The topological polar surface area (TPSA) is 61.4 Å². The fourth-order valence-electron chi connectivity index (χ4n) is 5.27. The van der Waals surface area contributed by atoms with Gasteiger partial charge in [-0.2, -0.15) is 0 Å². The van der Waals surface area contributed by atoms with Crippen LogP contribution in [0.15, 0.2) is 36.4 Å². The van der Waals surface area contributed by atoms with Gasteiger partial charge in [0.25, 0.3) is 11.8 Å². The number of amides is 2. The number of rotatable bonds is 7. The van der Waals surface area contributed by atoms with E-state index in [-0.39, 0.29) is 23.9 Å². The fraction of sp³-hybridized carbons (Fsp3) is 0.520. The Labute approximate surface area is 198 Å². The van der Waals surface area contributed by atoms with Gasteiger partial charge in [-0.3, -0.25) is 9.59 Å². The Morgan fingerprint density at radius 1 is 0.938 bits per heavy atom. The maximum atomic E-state index is 12.9. The molecule has 2 saturated carbocycles. The van der Waals surface area contributed by atoms with Crippen LogP contribution in [0.2, 0.25) is 4.34 Å². The molecule has 5 nitrogen and oxygen atoms in total. The minimum atomic E-state index is -0.120. The van der Waals surface area contributed by atoms with E-state index in [0.29, 0.717) is 20.2 Å². The molecule has 170 valence electrons. The van der Waals surface area contributed by atoms with Crippen LogP contribution in [0.4, 0.5) is 0 Å². The predicted molar refractivity (Wildman–Crippen MR) is 129 cm³/mol. The summed E-state index contributed by atoms with van der Waals surface area (Å²) in [5.41, 5.74) is 2.35. The highest BCUT2D eigenvalue weighted by molar-refractivity contribution is 7.18. The number of nitrogens with zero attached hydrogens (tertiary/aromatic N) is 1. The molecular weight excluding hydrogens is 442 g/mol. The summed E-state index contributed by atoms with van der Waals surface area (Å²) < 4.78 is 0.600. The molecule has 0 spiro atoms. The summed E-state index contributed by atoms with van der Waals surface area (Å²) in [5, 5.41) is 6.24. The van der Waals surface area contributed by atoms with Crippen molar-refractivity contribution < 1.29 is 9.59 Å². The third kappa shape index (κ3) is 4.73. The Morgan fingerprint density at radius 2 is 1.59 bits per heavy atom. The SMILES string of the molecule is O=C(NC1CCCC1NC(=O)c1ccc(Cl)s1)c1ccc(C2(CN3CCCC3)CC2)cc1. The first-order valence-corrected chi connectivity index (χ1v) is 12.9. The van der Waals surface area contributed by atoms with Gasteiger partial charge in [0.2, 0.25) is 0 Å². The van der Waals surface area contributed by atoms with Gasteiger partial charge in [-0.1, -0.05) is 23.7 Å². The van der Waals surface area contributed by atoms with Crippen LogP contribution in [0.5, 0.6) is 0 Å². The first-order chi connectivity index (χ1) is 15.5.